The highest BCUT2D eigenvalue weighted by Crippen LogP contribution is 2.19. The van der Waals surface area contributed by atoms with E-state index in [0.29, 0.717) is 5.92 Å². The second kappa shape index (κ2) is 9.85. The molecule has 0 unspecified atom stereocenters. The molecule has 27 heavy (non-hydrogen) atoms. The van der Waals surface area contributed by atoms with E-state index in [1.54, 1.807) is 11.3 Å². The number of hydrogen-bond acceptors (Lipinski definition) is 4. The lowest BCUT2D eigenvalue weighted by molar-refractivity contribution is 0.176. The molecule has 1 fully saturated rings. The molecule has 1 aliphatic heterocycles. The molecule has 1 aromatic carbocycles. The van der Waals surface area contributed by atoms with Crippen molar-refractivity contribution < 1.29 is 0 Å². The zero-order chi connectivity index (χ0) is 19.1. The van der Waals surface area contributed by atoms with Gasteiger partial charge >= 0.3 is 0 Å². The Bertz CT molecular complexity index is 747. The first-order chi connectivity index (χ1) is 13.1. The Kier molecular flexibility index (Phi) is 7.24. The molecule has 2 heterocycles. The molecule has 5 nitrogen and oxygen atoms in total. The molecular weight excluding hydrogens is 354 g/mol. The number of nitrogens with zero attached hydrogens (tertiary/aromatic N) is 3. The molecule has 0 spiro atoms. The van der Waals surface area contributed by atoms with Crippen molar-refractivity contribution in [3.8, 4) is 0 Å². The normalized spacial score (nSPS) is 16.5. The number of aromatic nitrogens is 1. The number of likely N-dealkylation sites (tertiary alicyclic amines) is 1. The number of thiazole rings is 1. The zero-order valence-electron chi connectivity index (χ0n) is 16.7. The minimum Gasteiger partial charge on any atom is -0.356 e. The van der Waals surface area contributed by atoms with Gasteiger partial charge in [-0.15, -0.1) is 11.3 Å². The molecule has 0 radical (unpaired) electrons. The molecule has 6 heteroatoms. The predicted molar refractivity (Wildman–Crippen MR) is 114 cm³/mol. The van der Waals surface area contributed by atoms with Gasteiger partial charge in [-0.3, -0.25) is 9.89 Å². The van der Waals surface area contributed by atoms with Gasteiger partial charge in [-0.25, -0.2) is 4.98 Å². The summed E-state index contributed by atoms with van der Waals surface area (Å²) in [7, 11) is 1.84. The van der Waals surface area contributed by atoms with E-state index in [1.165, 1.54) is 29.7 Å². The van der Waals surface area contributed by atoms with Crippen molar-refractivity contribution in [1.29, 1.82) is 0 Å². The van der Waals surface area contributed by atoms with Gasteiger partial charge in [0.15, 0.2) is 5.96 Å². The Labute approximate surface area is 166 Å². The largest absolute Gasteiger partial charge is 0.356 e. The molecule has 0 saturated carbocycles. The molecule has 3 rings (SSSR count). The quantitative estimate of drug-likeness (QED) is 0.592. The molecule has 1 aliphatic rings. The van der Waals surface area contributed by atoms with Crippen LogP contribution in [0.1, 0.15) is 34.7 Å². The van der Waals surface area contributed by atoms with E-state index in [-0.39, 0.29) is 0 Å². The van der Waals surface area contributed by atoms with E-state index in [1.807, 2.05) is 7.05 Å². The number of guanidine groups is 1. The predicted octanol–water partition coefficient (Wildman–Crippen LogP) is 3.34. The highest BCUT2D eigenvalue weighted by molar-refractivity contribution is 7.09. The van der Waals surface area contributed by atoms with Gasteiger partial charge in [0.05, 0.1) is 10.7 Å². The van der Waals surface area contributed by atoms with Crippen molar-refractivity contribution in [1.82, 2.24) is 20.5 Å². The van der Waals surface area contributed by atoms with Crippen LogP contribution in [-0.2, 0) is 13.1 Å². The number of piperidine rings is 1. The summed E-state index contributed by atoms with van der Waals surface area (Å²) in [5.41, 5.74) is 3.79. The number of rotatable bonds is 6. The lowest BCUT2D eigenvalue weighted by Gasteiger charge is -2.31. The second-order valence-corrected chi connectivity index (χ2v) is 8.44. The third-order valence-electron chi connectivity index (χ3n) is 5.08. The molecule has 146 valence electrons. The van der Waals surface area contributed by atoms with Crippen molar-refractivity contribution in [3.63, 3.8) is 0 Å². The van der Waals surface area contributed by atoms with Crippen molar-refractivity contribution >= 4 is 17.3 Å². The van der Waals surface area contributed by atoms with Crippen LogP contribution in [0.25, 0.3) is 0 Å². The molecule has 2 aromatic rings. The van der Waals surface area contributed by atoms with Crippen LogP contribution >= 0.6 is 11.3 Å². The summed E-state index contributed by atoms with van der Waals surface area (Å²) in [6.45, 7) is 9.27. The summed E-state index contributed by atoms with van der Waals surface area (Å²) >= 11 is 1.74. The van der Waals surface area contributed by atoms with Crippen LogP contribution in [0.3, 0.4) is 0 Å². The summed E-state index contributed by atoms with van der Waals surface area (Å²) in [6.07, 6.45) is 2.45. The highest BCUT2D eigenvalue weighted by atomic mass is 32.1. The molecular formula is C21H31N5S. The average molecular weight is 386 g/mol. The first-order valence-electron chi connectivity index (χ1n) is 9.76. The molecule has 1 saturated heterocycles. The fourth-order valence-electron chi connectivity index (χ4n) is 3.53. The Hall–Kier alpha value is -1.92. The standard InChI is InChI=1S/C21H31N5S/c1-16-5-4-6-19(11-16)13-24-21(22-3)23-12-18-7-9-26(10-8-18)14-20-15-27-17(2)25-20/h4-6,11,15,18H,7-10,12-14H2,1-3H3,(H2,22,23,24). The smallest absolute Gasteiger partial charge is 0.191 e. The fraction of sp³-hybridized carbons (Fsp3) is 0.524. The summed E-state index contributed by atoms with van der Waals surface area (Å²) in [5, 5.41) is 10.3. The van der Waals surface area contributed by atoms with Crippen LogP contribution in [0.4, 0.5) is 0 Å². The van der Waals surface area contributed by atoms with E-state index in [9.17, 15) is 0 Å². The van der Waals surface area contributed by atoms with Crippen LogP contribution in [0.5, 0.6) is 0 Å². The maximum atomic E-state index is 4.59. The maximum Gasteiger partial charge on any atom is 0.191 e. The van der Waals surface area contributed by atoms with E-state index in [0.717, 1.165) is 43.7 Å². The number of nitrogens with one attached hydrogen (secondary N) is 2. The second-order valence-electron chi connectivity index (χ2n) is 7.37. The van der Waals surface area contributed by atoms with Crippen LogP contribution in [0.15, 0.2) is 34.6 Å². The van der Waals surface area contributed by atoms with Crippen molar-refractivity contribution in [2.24, 2.45) is 10.9 Å². The molecule has 0 amide bonds. The summed E-state index contributed by atoms with van der Waals surface area (Å²) in [5.74, 6) is 1.59. The Morgan fingerprint density at radius 1 is 1.26 bits per heavy atom. The highest BCUT2D eigenvalue weighted by Gasteiger charge is 2.20. The minimum atomic E-state index is 0.705. The lowest BCUT2D eigenvalue weighted by Crippen LogP contribution is -2.42. The molecule has 0 bridgehead atoms. The first-order valence-corrected chi connectivity index (χ1v) is 10.6. The van der Waals surface area contributed by atoms with E-state index in [4.69, 9.17) is 0 Å². The Morgan fingerprint density at radius 3 is 2.74 bits per heavy atom. The van der Waals surface area contributed by atoms with Crippen LogP contribution in [0.2, 0.25) is 0 Å². The van der Waals surface area contributed by atoms with Gasteiger partial charge in [-0.1, -0.05) is 29.8 Å². The van der Waals surface area contributed by atoms with Gasteiger partial charge in [-0.2, -0.15) is 0 Å². The van der Waals surface area contributed by atoms with Gasteiger partial charge in [0.1, 0.15) is 0 Å². The first kappa shape index (κ1) is 19.8. The van der Waals surface area contributed by atoms with Crippen LogP contribution in [-0.4, -0.2) is 42.5 Å². The number of hydrogen-bond donors (Lipinski definition) is 2. The fourth-order valence-corrected chi connectivity index (χ4v) is 4.13. The maximum absolute atomic E-state index is 4.59. The molecule has 2 N–H and O–H groups in total. The summed E-state index contributed by atoms with van der Waals surface area (Å²) in [6, 6.07) is 8.58. The van der Waals surface area contributed by atoms with E-state index < -0.39 is 0 Å². The lowest BCUT2D eigenvalue weighted by atomic mass is 9.97. The molecule has 0 aliphatic carbocycles. The van der Waals surface area contributed by atoms with Gasteiger partial charge < -0.3 is 10.6 Å². The Balaban J connectivity index is 1.37. The molecule has 0 atom stereocenters. The van der Waals surface area contributed by atoms with Crippen molar-refractivity contribution in [2.75, 3.05) is 26.7 Å². The zero-order valence-corrected chi connectivity index (χ0v) is 17.5. The van der Waals surface area contributed by atoms with Crippen molar-refractivity contribution in [3.05, 3.63) is 51.5 Å². The number of aliphatic imine (C=N–C) groups is 1. The van der Waals surface area contributed by atoms with E-state index in [2.05, 4.69) is 69.0 Å². The SMILES string of the molecule is CN=C(NCc1cccc(C)c1)NCC1CCN(Cc2csc(C)n2)CC1. The van der Waals surface area contributed by atoms with Crippen LogP contribution < -0.4 is 10.6 Å². The number of aryl methyl sites for hydroxylation is 2. The van der Waals surface area contributed by atoms with Gasteiger partial charge in [0.25, 0.3) is 0 Å². The van der Waals surface area contributed by atoms with Crippen LogP contribution in [0, 0.1) is 19.8 Å². The molecule has 1 aromatic heterocycles. The Morgan fingerprint density at radius 2 is 2.07 bits per heavy atom. The summed E-state index contributed by atoms with van der Waals surface area (Å²) in [4.78, 5) is 11.5. The topological polar surface area (TPSA) is 52.6 Å². The minimum absolute atomic E-state index is 0.705. The third-order valence-corrected chi connectivity index (χ3v) is 5.91. The number of benzene rings is 1. The monoisotopic (exact) mass is 385 g/mol. The van der Waals surface area contributed by atoms with Crippen molar-refractivity contribution in [2.45, 2.75) is 39.8 Å². The van der Waals surface area contributed by atoms with Gasteiger partial charge in [-0.05, 0) is 51.3 Å². The summed E-state index contributed by atoms with van der Waals surface area (Å²) < 4.78 is 0. The van der Waals surface area contributed by atoms with E-state index >= 15 is 0 Å². The van der Waals surface area contributed by atoms with Gasteiger partial charge in [0, 0.05) is 32.1 Å². The average Bonchev–Trinajstić information content (AvgIpc) is 3.08. The van der Waals surface area contributed by atoms with Gasteiger partial charge in [0.2, 0.25) is 0 Å². The third kappa shape index (κ3) is 6.33.